The van der Waals surface area contributed by atoms with Crippen LogP contribution in [0.5, 0.6) is 0 Å². The van der Waals surface area contributed by atoms with Gasteiger partial charge < -0.3 is 9.80 Å². The monoisotopic (exact) mass is 478 g/mol. The van der Waals surface area contributed by atoms with Gasteiger partial charge >= 0.3 is 0 Å². The summed E-state index contributed by atoms with van der Waals surface area (Å²) in [6.45, 7) is 5.35. The third kappa shape index (κ3) is 4.45. The van der Waals surface area contributed by atoms with Crippen molar-refractivity contribution in [3.63, 3.8) is 0 Å². The van der Waals surface area contributed by atoms with E-state index < -0.39 is 31.9 Å². The standard InChI is InChI=1S/C21H26N4O5S2/c1-16-15-31(27,28)25(21(16)26)19-7-9-20(10-8-19)32(29,30)22-17-3-5-18(6-4-17)24-13-11-23(2)12-14-24/h3-10,16,22H,11-15H2,1-2H3. The lowest BCUT2D eigenvalue weighted by Crippen LogP contribution is -2.44. The Morgan fingerprint density at radius 3 is 2.00 bits per heavy atom. The number of benzene rings is 2. The smallest absolute Gasteiger partial charge is 0.261 e. The van der Waals surface area contributed by atoms with Crippen LogP contribution in [0.15, 0.2) is 53.4 Å². The van der Waals surface area contributed by atoms with Crippen molar-refractivity contribution >= 4 is 43.0 Å². The van der Waals surface area contributed by atoms with Crippen molar-refractivity contribution in [1.82, 2.24) is 4.90 Å². The molecule has 1 unspecified atom stereocenters. The quantitative estimate of drug-likeness (QED) is 0.695. The van der Waals surface area contributed by atoms with E-state index in [1.165, 1.54) is 24.3 Å². The van der Waals surface area contributed by atoms with Crippen LogP contribution in [0.3, 0.4) is 0 Å². The van der Waals surface area contributed by atoms with E-state index in [1.807, 2.05) is 12.1 Å². The number of hydrogen-bond acceptors (Lipinski definition) is 7. The van der Waals surface area contributed by atoms with Crippen molar-refractivity contribution in [3.8, 4) is 0 Å². The van der Waals surface area contributed by atoms with Gasteiger partial charge in [0, 0.05) is 37.6 Å². The van der Waals surface area contributed by atoms with Crippen LogP contribution < -0.4 is 13.9 Å². The highest BCUT2D eigenvalue weighted by Gasteiger charge is 2.42. The van der Waals surface area contributed by atoms with E-state index in [4.69, 9.17) is 0 Å². The molecule has 2 fully saturated rings. The van der Waals surface area contributed by atoms with Gasteiger partial charge in [0.2, 0.25) is 15.9 Å². The molecule has 11 heteroatoms. The molecule has 32 heavy (non-hydrogen) atoms. The van der Waals surface area contributed by atoms with Gasteiger partial charge in [-0.15, -0.1) is 0 Å². The van der Waals surface area contributed by atoms with Gasteiger partial charge in [-0.3, -0.25) is 9.52 Å². The summed E-state index contributed by atoms with van der Waals surface area (Å²) < 4.78 is 53.3. The van der Waals surface area contributed by atoms with E-state index in [1.54, 1.807) is 19.1 Å². The summed E-state index contributed by atoms with van der Waals surface area (Å²) in [6, 6.07) is 12.5. The van der Waals surface area contributed by atoms with Crippen LogP contribution in [0.1, 0.15) is 6.92 Å². The number of rotatable bonds is 5. The van der Waals surface area contributed by atoms with Gasteiger partial charge in [0.1, 0.15) is 0 Å². The molecule has 1 N–H and O–H groups in total. The maximum absolute atomic E-state index is 12.8. The van der Waals surface area contributed by atoms with Gasteiger partial charge in [0.25, 0.3) is 10.0 Å². The second kappa shape index (κ2) is 8.38. The first-order chi connectivity index (χ1) is 15.1. The summed E-state index contributed by atoms with van der Waals surface area (Å²) in [6.07, 6.45) is 0. The highest BCUT2D eigenvalue weighted by Crippen LogP contribution is 2.29. The number of anilines is 3. The van der Waals surface area contributed by atoms with Crippen molar-refractivity contribution in [2.75, 3.05) is 52.9 Å². The van der Waals surface area contributed by atoms with Crippen LogP contribution in [-0.4, -0.2) is 66.6 Å². The number of sulfonamides is 2. The molecule has 4 rings (SSSR count). The molecular formula is C21H26N4O5S2. The SMILES string of the molecule is CC1CS(=O)(=O)N(c2ccc(S(=O)(=O)Nc3ccc(N4CCN(C)CC4)cc3)cc2)C1=O. The first-order valence-corrected chi connectivity index (χ1v) is 13.4. The molecule has 1 amide bonds. The Morgan fingerprint density at radius 1 is 0.906 bits per heavy atom. The lowest BCUT2D eigenvalue weighted by molar-refractivity contribution is -0.119. The molecule has 0 saturated carbocycles. The van der Waals surface area contributed by atoms with E-state index in [2.05, 4.69) is 21.6 Å². The number of piperazine rings is 1. The number of carbonyl (C=O) groups excluding carboxylic acids is 1. The minimum Gasteiger partial charge on any atom is -0.369 e. The molecule has 1 atom stereocenters. The molecule has 9 nitrogen and oxygen atoms in total. The maximum Gasteiger partial charge on any atom is 0.261 e. The lowest BCUT2D eigenvalue weighted by atomic mass is 10.2. The van der Waals surface area contributed by atoms with Crippen molar-refractivity contribution < 1.29 is 21.6 Å². The van der Waals surface area contributed by atoms with Crippen LogP contribution in [0.25, 0.3) is 0 Å². The molecule has 2 aromatic rings. The van der Waals surface area contributed by atoms with Gasteiger partial charge in [-0.05, 0) is 55.6 Å². The number of amides is 1. The Hall–Kier alpha value is -2.63. The van der Waals surface area contributed by atoms with Gasteiger partial charge in [-0.1, -0.05) is 6.92 Å². The van der Waals surface area contributed by atoms with Crippen molar-refractivity contribution in [1.29, 1.82) is 0 Å². The molecule has 0 spiro atoms. The summed E-state index contributed by atoms with van der Waals surface area (Å²) in [7, 11) is -5.53. The predicted octanol–water partition coefficient (Wildman–Crippen LogP) is 1.55. The third-order valence-electron chi connectivity index (χ3n) is 5.73. The van der Waals surface area contributed by atoms with Gasteiger partial charge in [0.05, 0.1) is 22.3 Å². The number of hydrogen-bond donors (Lipinski definition) is 1. The Labute approximate surface area is 188 Å². The highest BCUT2D eigenvalue weighted by atomic mass is 32.2. The average Bonchev–Trinajstić information content (AvgIpc) is 2.95. The molecule has 0 radical (unpaired) electrons. The minimum absolute atomic E-state index is 0.0264. The Bertz CT molecular complexity index is 1200. The topological polar surface area (TPSA) is 107 Å². The molecule has 2 saturated heterocycles. The first-order valence-electron chi connectivity index (χ1n) is 10.3. The van der Waals surface area contributed by atoms with Crippen LogP contribution >= 0.6 is 0 Å². The summed E-state index contributed by atoms with van der Waals surface area (Å²) in [5.41, 5.74) is 1.60. The largest absolute Gasteiger partial charge is 0.369 e. The summed E-state index contributed by atoms with van der Waals surface area (Å²) >= 11 is 0. The molecule has 172 valence electrons. The molecular weight excluding hydrogens is 452 g/mol. The molecule has 2 aromatic carbocycles. The fraction of sp³-hybridized carbons (Fsp3) is 0.381. The van der Waals surface area contributed by atoms with Gasteiger partial charge in [0.15, 0.2) is 0 Å². The van der Waals surface area contributed by atoms with Crippen LogP contribution in [0.2, 0.25) is 0 Å². The predicted molar refractivity (Wildman–Crippen MR) is 124 cm³/mol. The van der Waals surface area contributed by atoms with E-state index in [0.29, 0.717) is 5.69 Å². The van der Waals surface area contributed by atoms with Crippen molar-refractivity contribution in [2.24, 2.45) is 5.92 Å². The molecule has 0 aliphatic carbocycles. The molecule has 0 bridgehead atoms. The average molecular weight is 479 g/mol. The Morgan fingerprint density at radius 2 is 1.47 bits per heavy atom. The number of nitrogens with one attached hydrogen (secondary N) is 1. The summed E-state index contributed by atoms with van der Waals surface area (Å²) in [4.78, 5) is 16.7. The normalized spacial score (nSPS) is 21.7. The van der Waals surface area contributed by atoms with E-state index >= 15 is 0 Å². The number of likely N-dealkylation sites (N-methyl/N-ethyl adjacent to an activating group) is 1. The maximum atomic E-state index is 12.8. The zero-order chi connectivity index (χ0) is 23.1. The summed E-state index contributed by atoms with van der Waals surface area (Å²) in [5.74, 6) is -1.39. The van der Waals surface area contributed by atoms with Crippen molar-refractivity contribution in [3.05, 3.63) is 48.5 Å². The zero-order valence-electron chi connectivity index (χ0n) is 17.9. The van der Waals surface area contributed by atoms with Crippen molar-refractivity contribution in [2.45, 2.75) is 11.8 Å². The highest BCUT2D eigenvalue weighted by molar-refractivity contribution is 7.94. The fourth-order valence-electron chi connectivity index (χ4n) is 3.87. The number of carbonyl (C=O) groups is 1. The second-order valence-corrected chi connectivity index (χ2v) is 11.8. The molecule has 2 aliphatic heterocycles. The van der Waals surface area contributed by atoms with Gasteiger partial charge in [-0.25, -0.2) is 21.1 Å². The number of nitrogens with zero attached hydrogens (tertiary/aromatic N) is 3. The van der Waals surface area contributed by atoms with E-state index in [9.17, 15) is 21.6 Å². The second-order valence-electron chi connectivity index (χ2n) is 8.22. The zero-order valence-corrected chi connectivity index (χ0v) is 19.6. The van der Waals surface area contributed by atoms with Crippen LogP contribution in [0, 0.1) is 5.92 Å². The molecule has 0 aromatic heterocycles. The van der Waals surface area contributed by atoms with Gasteiger partial charge in [-0.2, -0.15) is 0 Å². The lowest BCUT2D eigenvalue weighted by Gasteiger charge is -2.34. The molecule has 2 aliphatic rings. The molecule has 2 heterocycles. The third-order valence-corrected chi connectivity index (χ3v) is 9.00. The minimum atomic E-state index is -3.87. The van der Waals surface area contributed by atoms with Crippen LogP contribution in [0.4, 0.5) is 17.1 Å². The summed E-state index contributed by atoms with van der Waals surface area (Å²) in [5, 5.41) is 0. The van der Waals surface area contributed by atoms with Crippen LogP contribution in [-0.2, 0) is 24.8 Å². The Kier molecular flexibility index (Phi) is 5.91. The fourth-order valence-corrected chi connectivity index (χ4v) is 6.75. The Balaban J connectivity index is 1.47. The van der Waals surface area contributed by atoms with E-state index in [0.717, 1.165) is 36.2 Å². The van der Waals surface area contributed by atoms with E-state index in [-0.39, 0.29) is 16.3 Å². The first kappa shape index (κ1) is 22.6.